The number of primary amides is 1. The van der Waals surface area contributed by atoms with E-state index in [4.69, 9.17) is 28.9 Å². The number of rotatable bonds is 9. The van der Waals surface area contributed by atoms with Crippen LogP contribution < -0.4 is 5.73 Å². The van der Waals surface area contributed by atoms with Crippen LogP contribution in [0.5, 0.6) is 0 Å². The van der Waals surface area contributed by atoms with Gasteiger partial charge in [-0.2, -0.15) is 0 Å². The van der Waals surface area contributed by atoms with Crippen LogP contribution in [0, 0.1) is 0 Å². The van der Waals surface area contributed by atoms with Crippen molar-refractivity contribution in [3.63, 3.8) is 0 Å². The summed E-state index contributed by atoms with van der Waals surface area (Å²) >= 11 is 13.3. The first-order valence-electron chi connectivity index (χ1n) is 6.08. The Labute approximate surface area is 126 Å². The predicted octanol–water partition coefficient (Wildman–Crippen LogP) is 3.47. The van der Waals surface area contributed by atoms with E-state index in [9.17, 15) is 9.59 Å². The summed E-state index contributed by atoms with van der Waals surface area (Å²) in [5.74, 6) is -1.34. The highest BCUT2D eigenvalue weighted by Gasteiger charge is 2.11. The molecule has 0 aliphatic carbocycles. The molecule has 0 fully saturated rings. The highest BCUT2D eigenvalue weighted by molar-refractivity contribution is 7.14. The normalized spacial score (nSPS) is 12.3. The number of ketones is 1. The maximum Gasteiger partial charge on any atom is 0.284 e. The van der Waals surface area contributed by atoms with E-state index < -0.39 is 11.7 Å². The van der Waals surface area contributed by atoms with Crippen LogP contribution in [0.1, 0.15) is 49.6 Å². The maximum absolute atomic E-state index is 11.0. The van der Waals surface area contributed by atoms with Gasteiger partial charge in [-0.05, 0) is 12.8 Å². The Hall–Kier alpha value is -0.650. The molecule has 0 saturated carbocycles. The van der Waals surface area contributed by atoms with Crippen molar-refractivity contribution in [2.45, 2.75) is 43.9 Å². The van der Waals surface area contributed by atoms with E-state index in [0.717, 1.165) is 31.4 Å². The van der Waals surface area contributed by atoms with E-state index in [1.807, 2.05) is 5.38 Å². The van der Waals surface area contributed by atoms with Gasteiger partial charge in [-0.15, -0.1) is 22.9 Å². The molecule has 1 unspecified atom stereocenters. The first-order chi connectivity index (χ1) is 9.00. The number of thiazole rings is 1. The molecule has 0 aliphatic rings. The van der Waals surface area contributed by atoms with Crippen LogP contribution in [0.2, 0.25) is 4.47 Å². The van der Waals surface area contributed by atoms with Gasteiger partial charge in [0, 0.05) is 11.8 Å². The molecule has 7 heteroatoms. The van der Waals surface area contributed by atoms with E-state index in [1.165, 1.54) is 11.3 Å². The Morgan fingerprint density at radius 1 is 1.32 bits per heavy atom. The number of unbranched alkanes of at least 4 members (excludes halogenated alkanes) is 3. The average molecular weight is 323 g/mol. The van der Waals surface area contributed by atoms with E-state index in [2.05, 4.69) is 4.98 Å². The minimum Gasteiger partial charge on any atom is -0.363 e. The van der Waals surface area contributed by atoms with Crippen molar-refractivity contribution in [1.29, 1.82) is 0 Å². The molecule has 0 bridgehead atoms. The monoisotopic (exact) mass is 322 g/mol. The summed E-state index contributed by atoms with van der Waals surface area (Å²) in [7, 11) is 0. The third kappa shape index (κ3) is 6.36. The Bertz CT molecular complexity index is 437. The smallest absolute Gasteiger partial charge is 0.284 e. The molecule has 0 spiro atoms. The number of carbonyl (C=O) groups excluding carboxylic acids is 2. The molecule has 1 rings (SSSR count). The second-order valence-corrected chi connectivity index (χ2v) is 6.20. The topological polar surface area (TPSA) is 73.1 Å². The zero-order valence-electron chi connectivity index (χ0n) is 10.4. The third-order valence-electron chi connectivity index (χ3n) is 2.70. The lowest BCUT2D eigenvalue weighted by Crippen LogP contribution is -2.22. The molecule has 0 saturated heterocycles. The van der Waals surface area contributed by atoms with Crippen LogP contribution in [0.4, 0.5) is 0 Å². The zero-order valence-corrected chi connectivity index (χ0v) is 12.7. The van der Waals surface area contributed by atoms with Crippen molar-refractivity contribution in [2.24, 2.45) is 5.73 Å². The number of nitrogens with two attached hydrogens (primary N) is 1. The lowest BCUT2D eigenvalue weighted by molar-refractivity contribution is -0.136. The van der Waals surface area contributed by atoms with Crippen LogP contribution in [0.25, 0.3) is 0 Å². The summed E-state index contributed by atoms with van der Waals surface area (Å²) in [5, 5.41) is 1.75. The predicted molar refractivity (Wildman–Crippen MR) is 77.6 cm³/mol. The second kappa shape index (κ2) is 8.51. The van der Waals surface area contributed by atoms with E-state index >= 15 is 0 Å². The molecule has 0 aromatic carbocycles. The number of halogens is 2. The average Bonchev–Trinajstić information content (AvgIpc) is 2.79. The molecular weight excluding hydrogens is 307 g/mol. The molecule has 1 aromatic heterocycles. The van der Waals surface area contributed by atoms with Crippen molar-refractivity contribution in [3.05, 3.63) is 15.5 Å². The van der Waals surface area contributed by atoms with Gasteiger partial charge in [0.2, 0.25) is 5.78 Å². The highest BCUT2D eigenvalue weighted by Crippen LogP contribution is 2.29. The molecule has 1 atom stereocenters. The Morgan fingerprint density at radius 2 is 2.00 bits per heavy atom. The number of hydrogen-bond acceptors (Lipinski definition) is 4. The SMILES string of the molecule is NC(=O)C(=O)CCCCCCC(Cl)c1csc(Cl)n1. The quantitative estimate of drug-likeness (QED) is 0.429. The van der Waals surface area contributed by atoms with E-state index in [0.29, 0.717) is 10.9 Å². The van der Waals surface area contributed by atoms with E-state index in [-0.39, 0.29) is 11.8 Å². The number of alkyl halides is 1. The number of Topliss-reactive ketones (excluding diaryl/α,β-unsaturated/α-hetero) is 1. The summed E-state index contributed by atoms with van der Waals surface area (Å²) in [5.41, 5.74) is 5.68. The fraction of sp³-hybridized carbons (Fsp3) is 0.583. The van der Waals surface area contributed by atoms with Crippen molar-refractivity contribution in [1.82, 2.24) is 4.98 Å². The van der Waals surface area contributed by atoms with Crippen LogP contribution in [-0.2, 0) is 9.59 Å². The van der Waals surface area contributed by atoms with Gasteiger partial charge in [-0.3, -0.25) is 9.59 Å². The molecule has 0 aliphatic heterocycles. The lowest BCUT2D eigenvalue weighted by Gasteiger charge is -2.05. The molecular formula is C12H16Cl2N2O2S. The largest absolute Gasteiger partial charge is 0.363 e. The minimum absolute atomic E-state index is 0.115. The molecule has 4 nitrogen and oxygen atoms in total. The third-order valence-corrected chi connectivity index (χ3v) is 4.14. The summed E-state index contributed by atoms with van der Waals surface area (Å²) in [6, 6.07) is 0. The Morgan fingerprint density at radius 3 is 2.58 bits per heavy atom. The van der Waals surface area contributed by atoms with Gasteiger partial charge in [-0.25, -0.2) is 4.98 Å². The van der Waals surface area contributed by atoms with Crippen LogP contribution >= 0.6 is 34.5 Å². The van der Waals surface area contributed by atoms with E-state index in [1.54, 1.807) is 0 Å². The first-order valence-corrected chi connectivity index (χ1v) is 7.77. The van der Waals surface area contributed by atoms with Crippen LogP contribution in [0.15, 0.2) is 5.38 Å². The molecule has 1 aromatic rings. The summed E-state index contributed by atoms with van der Waals surface area (Å²) in [6.07, 6.45) is 4.56. The summed E-state index contributed by atoms with van der Waals surface area (Å²) in [4.78, 5) is 25.6. The standard InChI is InChI=1S/C12H16Cl2N2O2S/c13-8(9-7-19-12(14)16-9)5-3-1-2-4-6-10(17)11(15)18/h7-8H,1-6H2,(H2,15,18). The van der Waals surface area contributed by atoms with Crippen LogP contribution in [0.3, 0.4) is 0 Å². The van der Waals surface area contributed by atoms with Gasteiger partial charge in [-0.1, -0.05) is 30.9 Å². The Kier molecular flexibility index (Phi) is 7.34. The fourth-order valence-corrected chi connectivity index (χ4v) is 2.81. The number of hydrogen-bond donors (Lipinski definition) is 1. The van der Waals surface area contributed by atoms with Gasteiger partial charge < -0.3 is 5.73 Å². The molecule has 1 heterocycles. The van der Waals surface area contributed by atoms with Gasteiger partial charge in [0.1, 0.15) is 0 Å². The van der Waals surface area contributed by atoms with Gasteiger partial charge in [0.15, 0.2) is 4.47 Å². The molecule has 19 heavy (non-hydrogen) atoms. The molecule has 1 amide bonds. The lowest BCUT2D eigenvalue weighted by atomic mass is 10.1. The van der Waals surface area contributed by atoms with Gasteiger partial charge in [0.05, 0.1) is 11.1 Å². The number of amides is 1. The highest BCUT2D eigenvalue weighted by atomic mass is 35.5. The molecule has 106 valence electrons. The fourth-order valence-electron chi connectivity index (χ4n) is 1.64. The summed E-state index contributed by atoms with van der Waals surface area (Å²) in [6.45, 7) is 0. The van der Waals surface area contributed by atoms with Crippen molar-refractivity contribution < 1.29 is 9.59 Å². The van der Waals surface area contributed by atoms with Crippen molar-refractivity contribution in [2.75, 3.05) is 0 Å². The number of aromatic nitrogens is 1. The molecule has 0 radical (unpaired) electrons. The first kappa shape index (κ1) is 16.4. The van der Waals surface area contributed by atoms with Crippen molar-refractivity contribution >= 4 is 46.2 Å². The van der Waals surface area contributed by atoms with Crippen molar-refractivity contribution in [3.8, 4) is 0 Å². The number of nitrogens with zero attached hydrogens (tertiary/aromatic N) is 1. The summed E-state index contributed by atoms with van der Waals surface area (Å²) < 4.78 is 0.505. The minimum atomic E-state index is -0.846. The maximum atomic E-state index is 11.0. The van der Waals surface area contributed by atoms with Gasteiger partial charge >= 0.3 is 0 Å². The molecule has 2 N–H and O–H groups in total. The van der Waals surface area contributed by atoms with Gasteiger partial charge in [0.25, 0.3) is 5.91 Å². The zero-order chi connectivity index (χ0) is 14.3. The second-order valence-electron chi connectivity index (χ2n) is 4.23. The van der Waals surface area contributed by atoms with Crippen LogP contribution in [-0.4, -0.2) is 16.7 Å². The Balaban J connectivity index is 2.08. The number of carbonyl (C=O) groups is 2.